The molecule has 2 aromatic carbocycles. The monoisotopic (exact) mass is 427 g/mol. The lowest BCUT2D eigenvalue weighted by atomic mass is 10.2. The van der Waals surface area contributed by atoms with Crippen LogP contribution in [-0.4, -0.2) is 18.2 Å². The van der Waals surface area contributed by atoms with Gasteiger partial charge in [0.15, 0.2) is 0 Å². The van der Waals surface area contributed by atoms with Crippen molar-refractivity contribution in [2.75, 3.05) is 0 Å². The van der Waals surface area contributed by atoms with Crippen molar-refractivity contribution in [1.82, 2.24) is 14.5 Å². The van der Waals surface area contributed by atoms with Gasteiger partial charge in [-0.15, -0.1) is 11.3 Å². The topological polar surface area (TPSA) is 64.0 Å². The second-order valence-electron chi connectivity index (χ2n) is 6.45. The summed E-state index contributed by atoms with van der Waals surface area (Å²) in [5.74, 6) is -0.362. The van der Waals surface area contributed by atoms with Crippen LogP contribution in [-0.2, 0) is 23.1 Å². The molecule has 4 aromatic rings. The summed E-state index contributed by atoms with van der Waals surface area (Å²) < 4.78 is 43.3. The minimum absolute atomic E-state index is 0.0658. The fourth-order valence-electron chi connectivity index (χ4n) is 2.89. The van der Waals surface area contributed by atoms with Crippen molar-refractivity contribution in [1.29, 1.82) is 0 Å². The van der Waals surface area contributed by atoms with Gasteiger partial charge >= 0.3 is 0 Å². The van der Waals surface area contributed by atoms with Gasteiger partial charge < -0.3 is 0 Å². The van der Waals surface area contributed by atoms with Crippen LogP contribution in [0.5, 0.6) is 0 Å². The lowest BCUT2D eigenvalue weighted by Crippen LogP contribution is -2.23. The van der Waals surface area contributed by atoms with E-state index in [0.717, 1.165) is 10.4 Å². The summed E-state index contributed by atoms with van der Waals surface area (Å²) in [5.41, 5.74) is 2.11. The molecule has 5 nitrogen and oxygen atoms in total. The SMILES string of the molecule is O=S(=O)(NCc1ccc(F)cc1)c1cn(Cc2ccccc2)nc1-c1cccs1. The van der Waals surface area contributed by atoms with Crippen LogP contribution in [0, 0.1) is 5.82 Å². The summed E-state index contributed by atoms with van der Waals surface area (Å²) in [7, 11) is -3.82. The highest BCUT2D eigenvalue weighted by Crippen LogP contribution is 2.30. The van der Waals surface area contributed by atoms with Gasteiger partial charge in [0.2, 0.25) is 10.0 Å². The van der Waals surface area contributed by atoms with E-state index in [-0.39, 0.29) is 17.3 Å². The molecule has 29 heavy (non-hydrogen) atoms. The first kappa shape index (κ1) is 19.5. The zero-order valence-corrected chi connectivity index (χ0v) is 17.0. The minimum atomic E-state index is -3.82. The standard InChI is InChI=1S/C21H18FN3O2S2/c22-18-10-8-16(9-11-18)13-23-29(26,27)20-15-25(14-17-5-2-1-3-6-17)24-21(20)19-7-4-12-28-19/h1-12,15,23H,13-14H2. The Labute approximate surface area is 172 Å². The molecule has 148 valence electrons. The largest absolute Gasteiger partial charge is 0.266 e. The molecule has 2 heterocycles. The lowest BCUT2D eigenvalue weighted by molar-refractivity contribution is 0.581. The van der Waals surface area contributed by atoms with Crippen LogP contribution in [0.3, 0.4) is 0 Å². The van der Waals surface area contributed by atoms with E-state index in [4.69, 9.17) is 0 Å². The Balaban J connectivity index is 1.64. The predicted molar refractivity (Wildman–Crippen MR) is 112 cm³/mol. The average molecular weight is 428 g/mol. The highest BCUT2D eigenvalue weighted by molar-refractivity contribution is 7.89. The van der Waals surface area contributed by atoms with Crippen LogP contribution < -0.4 is 4.72 Å². The van der Waals surface area contributed by atoms with Gasteiger partial charge in [-0.3, -0.25) is 4.68 Å². The summed E-state index contributed by atoms with van der Waals surface area (Å²) in [6.45, 7) is 0.531. The number of thiophene rings is 1. The summed E-state index contributed by atoms with van der Waals surface area (Å²) >= 11 is 1.43. The highest BCUT2D eigenvalue weighted by Gasteiger charge is 2.24. The quantitative estimate of drug-likeness (QED) is 0.479. The molecular formula is C21H18FN3O2S2. The van der Waals surface area contributed by atoms with Crippen LogP contribution in [0.15, 0.2) is 83.2 Å². The minimum Gasteiger partial charge on any atom is -0.266 e. The lowest BCUT2D eigenvalue weighted by Gasteiger charge is -2.06. The summed E-state index contributed by atoms with van der Waals surface area (Å²) in [6.07, 6.45) is 1.55. The normalized spacial score (nSPS) is 11.6. The van der Waals surface area contributed by atoms with Gasteiger partial charge in [-0.1, -0.05) is 48.5 Å². The van der Waals surface area contributed by atoms with E-state index in [1.807, 2.05) is 47.8 Å². The molecular weight excluding hydrogens is 409 g/mol. The average Bonchev–Trinajstić information content (AvgIpc) is 3.38. The first-order chi connectivity index (χ1) is 14.0. The number of nitrogens with one attached hydrogen (secondary N) is 1. The molecule has 0 bridgehead atoms. The molecule has 0 fully saturated rings. The molecule has 8 heteroatoms. The Kier molecular flexibility index (Phi) is 5.57. The number of nitrogens with zero attached hydrogens (tertiary/aromatic N) is 2. The van der Waals surface area contributed by atoms with Gasteiger partial charge in [-0.05, 0) is 34.7 Å². The maximum absolute atomic E-state index is 13.1. The van der Waals surface area contributed by atoms with Crippen LogP contribution in [0.4, 0.5) is 4.39 Å². The van der Waals surface area contributed by atoms with Crippen molar-refractivity contribution in [3.63, 3.8) is 0 Å². The van der Waals surface area contributed by atoms with Gasteiger partial charge in [0.1, 0.15) is 16.4 Å². The molecule has 0 aliphatic rings. The number of halogens is 1. The number of sulfonamides is 1. The Hall–Kier alpha value is -2.81. The highest BCUT2D eigenvalue weighted by atomic mass is 32.2. The number of rotatable bonds is 7. The van der Waals surface area contributed by atoms with Crippen LogP contribution in [0.25, 0.3) is 10.6 Å². The molecule has 0 unspecified atom stereocenters. The van der Waals surface area contributed by atoms with Gasteiger partial charge in [-0.2, -0.15) is 5.10 Å². The third-order valence-electron chi connectivity index (χ3n) is 4.34. The molecule has 1 N–H and O–H groups in total. The summed E-state index contributed by atoms with van der Waals surface area (Å²) in [5, 5.41) is 6.42. The van der Waals surface area contributed by atoms with Crippen molar-refractivity contribution in [3.05, 3.63) is 95.3 Å². The third kappa shape index (κ3) is 4.61. The maximum Gasteiger partial charge on any atom is 0.244 e. The van der Waals surface area contributed by atoms with Gasteiger partial charge in [0.05, 0.1) is 11.4 Å². The third-order valence-corrected chi connectivity index (χ3v) is 6.62. The Morgan fingerprint density at radius 2 is 1.72 bits per heavy atom. The molecule has 0 radical (unpaired) electrons. The van der Waals surface area contributed by atoms with Gasteiger partial charge in [-0.25, -0.2) is 17.5 Å². The molecule has 0 atom stereocenters. The molecule has 0 aliphatic carbocycles. The van der Waals surface area contributed by atoms with Crippen LogP contribution >= 0.6 is 11.3 Å². The molecule has 0 saturated heterocycles. The van der Waals surface area contributed by atoms with Crippen molar-refractivity contribution in [2.45, 2.75) is 18.0 Å². The summed E-state index contributed by atoms with van der Waals surface area (Å²) in [4.78, 5) is 0.900. The van der Waals surface area contributed by atoms with Crippen LogP contribution in [0.2, 0.25) is 0 Å². The van der Waals surface area contributed by atoms with Crippen LogP contribution in [0.1, 0.15) is 11.1 Å². The smallest absolute Gasteiger partial charge is 0.244 e. The fourth-order valence-corrected chi connectivity index (χ4v) is 4.86. The second kappa shape index (κ2) is 8.28. The molecule has 0 aliphatic heterocycles. The van der Waals surface area contributed by atoms with E-state index in [1.165, 1.54) is 23.5 Å². The Bertz CT molecular complexity index is 1190. The first-order valence-electron chi connectivity index (χ1n) is 8.91. The van der Waals surface area contributed by atoms with E-state index < -0.39 is 10.0 Å². The summed E-state index contributed by atoms with van der Waals surface area (Å²) in [6, 6.07) is 19.1. The van der Waals surface area contributed by atoms with Crippen molar-refractivity contribution in [2.24, 2.45) is 0 Å². The number of aromatic nitrogens is 2. The van der Waals surface area contributed by atoms with Crippen molar-refractivity contribution in [3.8, 4) is 10.6 Å². The number of hydrogen-bond acceptors (Lipinski definition) is 4. The van der Waals surface area contributed by atoms with Crippen molar-refractivity contribution < 1.29 is 12.8 Å². The second-order valence-corrected chi connectivity index (χ2v) is 9.14. The number of hydrogen-bond donors (Lipinski definition) is 1. The Morgan fingerprint density at radius 3 is 2.41 bits per heavy atom. The molecule has 4 rings (SSSR count). The van der Waals surface area contributed by atoms with E-state index in [0.29, 0.717) is 17.8 Å². The fraction of sp³-hybridized carbons (Fsp3) is 0.0952. The number of benzene rings is 2. The zero-order valence-electron chi connectivity index (χ0n) is 15.3. The Morgan fingerprint density at radius 1 is 0.966 bits per heavy atom. The van der Waals surface area contributed by atoms with E-state index >= 15 is 0 Å². The van der Waals surface area contributed by atoms with E-state index in [2.05, 4.69) is 9.82 Å². The van der Waals surface area contributed by atoms with Gasteiger partial charge in [0, 0.05) is 12.7 Å². The zero-order chi connectivity index (χ0) is 20.3. The van der Waals surface area contributed by atoms with E-state index in [1.54, 1.807) is 23.0 Å². The predicted octanol–water partition coefficient (Wildman–Crippen LogP) is 4.28. The van der Waals surface area contributed by atoms with Gasteiger partial charge in [0.25, 0.3) is 0 Å². The van der Waals surface area contributed by atoms with Crippen molar-refractivity contribution >= 4 is 21.4 Å². The molecule has 2 aromatic heterocycles. The van der Waals surface area contributed by atoms with E-state index in [9.17, 15) is 12.8 Å². The molecule has 0 amide bonds. The molecule has 0 spiro atoms. The molecule has 0 saturated carbocycles. The first-order valence-corrected chi connectivity index (χ1v) is 11.3. The maximum atomic E-state index is 13.1.